The molecule has 6 heteroatoms. The highest BCUT2D eigenvalue weighted by molar-refractivity contribution is 5.92. The van der Waals surface area contributed by atoms with Gasteiger partial charge in [-0.15, -0.1) is 0 Å². The lowest BCUT2D eigenvalue weighted by Crippen LogP contribution is -2.36. The van der Waals surface area contributed by atoms with E-state index in [1.807, 2.05) is 0 Å². The second kappa shape index (κ2) is 5.18. The molecule has 2 unspecified atom stereocenters. The van der Waals surface area contributed by atoms with Gasteiger partial charge in [0, 0.05) is 18.5 Å². The zero-order valence-corrected chi connectivity index (χ0v) is 9.65. The third-order valence-electron chi connectivity index (χ3n) is 3.24. The average Bonchev–Trinajstić information content (AvgIpc) is 2.74. The number of hydrogen-bond acceptors (Lipinski definition) is 4. The molecule has 2 rings (SSSR count). The number of nitrogens with one attached hydrogen (secondary N) is 2. The largest absolute Gasteiger partial charge is 0.393 e. The van der Waals surface area contributed by atoms with Gasteiger partial charge in [0.25, 0.3) is 5.91 Å². The number of amides is 1. The summed E-state index contributed by atoms with van der Waals surface area (Å²) in [6.45, 7) is 0.499. The van der Waals surface area contributed by atoms with Crippen LogP contribution >= 0.6 is 0 Å². The molecule has 0 aliphatic heterocycles. The van der Waals surface area contributed by atoms with Crippen molar-refractivity contribution in [3.05, 3.63) is 11.8 Å². The molecule has 1 aliphatic rings. The first-order valence-electron chi connectivity index (χ1n) is 5.94. The summed E-state index contributed by atoms with van der Waals surface area (Å²) < 4.78 is 0. The van der Waals surface area contributed by atoms with Crippen LogP contribution in [0.2, 0.25) is 0 Å². The van der Waals surface area contributed by atoms with E-state index in [0.717, 1.165) is 25.7 Å². The quantitative estimate of drug-likeness (QED) is 0.606. The molecular formula is C11H18N4O2. The molecule has 0 radical (unpaired) electrons. The lowest BCUT2D eigenvalue weighted by molar-refractivity contribution is 0.0661. The number of aromatic nitrogens is 2. The number of hydrogen-bond donors (Lipinski definition) is 4. The highest BCUT2D eigenvalue weighted by atomic mass is 16.3. The van der Waals surface area contributed by atoms with Crippen molar-refractivity contribution in [1.82, 2.24) is 15.5 Å². The average molecular weight is 238 g/mol. The van der Waals surface area contributed by atoms with E-state index in [0.29, 0.717) is 18.1 Å². The molecule has 2 atom stereocenters. The molecule has 6 nitrogen and oxygen atoms in total. The molecule has 1 heterocycles. The Morgan fingerprint density at radius 3 is 3.00 bits per heavy atom. The third-order valence-corrected chi connectivity index (χ3v) is 3.24. The highest BCUT2D eigenvalue weighted by Crippen LogP contribution is 2.23. The van der Waals surface area contributed by atoms with Crippen molar-refractivity contribution in [3.63, 3.8) is 0 Å². The molecule has 0 spiro atoms. The zero-order valence-electron chi connectivity index (χ0n) is 9.65. The monoisotopic (exact) mass is 238 g/mol. The van der Waals surface area contributed by atoms with Crippen molar-refractivity contribution in [2.75, 3.05) is 12.3 Å². The summed E-state index contributed by atoms with van der Waals surface area (Å²) in [5.74, 6) is 0.229. The minimum Gasteiger partial charge on any atom is -0.393 e. The van der Waals surface area contributed by atoms with Gasteiger partial charge in [0.2, 0.25) is 0 Å². The normalized spacial score (nSPS) is 24.5. The maximum Gasteiger partial charge on any atom is 0.269 e. The van der Waals surface area contributed by atoms with Crippen LogP contribution in [0.25, 0.3) is 0 Å². The summed E-state index contributed by atoms with van der Waals surface area (Å²) in [5.41, 5.74) is 5.77. The first-order chi connectivity index (χ1) is 8.16. The molecule has 1 saturated carbocycles. The predicted octanol–water partition coefficient (Wildman–Crippen LogP) is 0.273. The van der Waals surface area contributed by atoms with E-state index in [4.69, 9.17) is 5.73 Å². The Labute approximate surface area is 99.6 Å². The number of nitrogens with zero attached hydrogens (tertiary/aromatic N) is 1. The van der Waals surface area contributed by atoms with Crippen LogP contribution in [0.1, 0.15) is 36.2 Å². The van der Waals surface area contributed by atoms with Crippen molar-refractivity contribution in [2.45, 2.75) is 31.8 Å². The summed E-state index contributed by atoms with van der Waals surface area (Å²) in [6.07, 6.45) is 3.69. The second-order valence-electron chi connectivity index (χ2n) is 4.53. The lowest BCUT2D eigenvalue weighted by Gasteiger charge is -2.27. The van der Waals surface area contributed by atoms with E-state index in [-0.39, 0.29) is 17.9 Å². The molecule has 17 heavy (non-hydrogen) atoms. The Morgan fingerprint density at radius 1 is 1.59 bits per heavy atom. The molecule has 1 aliphatic carbocycles. The Balaban J connectivity index is 1.83. The molecular weight excluding hydrogens is 220 g/mol. The van der Waals surface area contributed by atoms with Crippen molar-refractivity contribution >= 4 is 11.7 Å². The topological polar surface area (TPSA) is 104 Å². The van der Waals surface area contributed by atoms with Crippen LogP contribution in [0, 0.1) is 5.92 Å². The zero-order chi connectivity index (χ0) is 12.3. The summed E-state index contributed by atoms with van der Waals surface area (Å²) in [5, 5.41) is 18.8. The van der Waals surface area contributed by atoms with Gasteiger partial charge in [-0.1, -0.05) is 12.8 Å². The van der Waals surface area contributed by atoms with Crippen LogP contribution in [0.3, 0.4) is 0 Å². The van der Waals surface area contributed by atoms with Crippen LogP contribution < -0.4 is 11.1 Å². The van der Waals surface area contributed by atoms with E-state index in [2.05, 4.69) is 15.5 Å². The van der Waals surface area contributed by atoms with E-state index >= 15 is 0 Å². The SMILES string of the molecule is Nc1cc(C(=O)NCC2CCCCC2O)[nH]n1. The number of nitrogens with two attached hydrogens (primary N) is 1. The van der Waals surface area contributed by atoms with Crippen LogP contribution in [0.4, 0.5) is 5.82 Å². The maximum atomic E-state index is 11.7. The second-order valence-corrected chi connectivity index (χ2v) is 4.53. The van der Waals surface area contributed by atoms with Crippen LogP contribution in [-0.2, 0) is 0 Å². The minimum absolute atomic E-state index is 0.160. The molecule has 0 bridgehead atoms. The molecule has 0 saturated heterocycles. The van der Waals surface area contributed by atoms with Crippen LogP contribution in [0.15, 0.2) is 6.07 Å². The summed E-state index contributed by atoms with van der Waals surface area (Å²) >= 11 is 0. The molecule has 5 N–H and O–H groups in total. The van der Waals surface area contributed by atoms with E-state index in [1.165, 1.54) is 6.07 Å². The fourth-order valence-electron chi connectivity index (χ4n) is 2.20. The number of carbonyl (C=O) groups is 1. The van der Waals surface area contributed by atoms with Crippen molar-refractivity contribution in [3.8, 4) is 0 Å². The lowest BCUT2D eigenvalue weighted by atomic mass is 9.86. The number of H-pyrrole nitrogens is 1. The number of rotatable bonds is 3. The maximum absolute atomic E-state index is 11.7. The number of anilines is 1. The van der Waals surface area contributed by atoms with Crippen molar-refractivity contribution in [2.24, 2.45) is 5.92 Å². The van der Waals surface area contributed by atoms with Crippen LogP contribution in [-0.4, -0.2) is 33.9 Å². The van der Waals surface area contributed by atoms with Gasteiger partial charge in [0.1, 0.15) is 11.5 Å². The van der Waals surface area contributed by atoms with Crippen molar-refractivity contribution < 1.29 is 9.90 Å². The van der Waals surface area contributed by atoms with Gasteiger partial charge in [0.15, 0.2) is 0 Å². The molecule has 1 aromatic heterocycles. The number of aromatic amines is 1. The van der Waals surface area contributed by atoms with Gasteiger partial charge in [-0.25, -0.2) is 0 Å². The van der Waals surface area contributed by atoms with Crippen molar-refractivity contribution in [1.29, 1.82) is 0 Å². The predicted molar refractivity (Wildman–Crippen MR) is 63.3 cm³/mol. The van der Waals surface area contributed by atoms with E-state index in [1.54, 1.807) is 0 Å². The fraction of sp³-hybridized carbons (Fsp3) is 0.636. The smallest absolute Gasteiger partial charge is 0.269 e. The van der Waals surface area contributed by atoms with Gasteiger partial charge in [-0.3, -0.25) is 9.89 Å². The van der Waals surface area contributed by atoms with Gasteiger partial charge >= 0.3 is 0 Å². The standard InChI is InChI=1S/C11H18N4O2/c12-10-5-8(14-15-10)11(17)13-6-7-3-1-2-4-9(7)16/h5,7,9,16H,1-4,6H2,(H,13,17)(H3,12,14,15). The highest BCUT2D eigenvalue weighted by Gasteiger charge is 2.23. The van der Waals surface area contributed by atoms with Gasteiger partial charge in [-0.2, -0.15) is 5.10 Å². The van der Waals surface area contributed by atoms with Gasteiger partial charge in [0.05, 0.1) is 6.10 Å². The number of aliphatic hydroxyl groups is 1. The molecule has 94 valence electrons. The number of nitrogen functional groups attached to an aromatic ring is 1. The van der Waals surface area contributed by atoms with E-state index in [9.17, 15) is 9.90 Å². The Kier molecular flexibility index (Phi) is 3.63. The van der Waals surface area contributed by atoms with E-state index < -0.39 is 0 Å². The number of aliphatic hydroxyl groups excluding tert-OH is 1. The van der Waals surface area contributed by atoms with Crippen LogP contribution in [0.5, 0.6) is 0 Å². The first kappa shape index (κ1) is 11.9. The van der Waals surface area contributed by atoms with Gasteiger partial charge < -0.3 is 16.2 Å². The molecule has 1 fully saturated rings. The Bertz CT molecular complexity index is 391. The molecule has 1 aromatic rings. The summed E-state index contributed by atoms with van der Waals surface area (Å²) in [6, 6.07) is 1.49. The number of carbonyl (C=O) groups excluding carboxylic acids is 1. The summed E-state index contributed by atoms with van der Waals surface area (Å²) in [7, 11) is 0. The Morgan fingerprint density at radius 2 is 2.35 bits per heavy atom. The minimum atomic E-state index is -0.295. The molecule has 0 aromatic carbocycles. The first-order valence-corrected chi connectivity index (χ1v) is 5.94. The third kappa shape index (κ3) is 2.97. The summed E-state index contributed by atoms with van der Waals surface area (Å²) in [4.78, 5) is 11.7. The van der Waals surface area contributed by atoms with Gasteiger partial charge in [-0.05, 0) is 12.8 Å². The Hall–Kier alpha value is -1.56. The fourth-order valence-corrected chi connectivity index (χ4v) is 2.20. The molecule has 1 amide bonds.